The lowest BCUT2D eigenvalue weighted by atomic mass is 10.1. The van der Waals surface area contributed by atoms with Gasteiger partial charge in [0.25, 0.3) is 11.8 Å². The molecular weight excluding hydrogens is 230 g/mol. The number of nitrogen functional groups attached to an aromatic ring is 1. The molecule has 0 unspecified atom stereocenters. The summed E-state index contributed by atoms with van der Waals surface area (Å²) >= 11 is 0. The zero-order valence-corrected chi connectivity index (χ0v) is 10.0. The third-order valence-corrected chi connectivity index (χ3v) is 3.06. The Hall–Kier alpha value is -2.11. The van der Waals surface area contributed by atoms with Crippen molar-refractivity contribution in [3.8, 4) is 11.5 Å². The third kappa shape index (κ3) is 2.13. The molecule has 0 aromatic carbocycles. The van der Waals surface area contributed by atoms with Crippen molar-refractivity contribution in [2.75, 3.05) is 23.7 Å². The molecule has 3 heterocycles. The van der Waals surface area contributed by atoms with Gasteiger partial charge in [0.15, 0.2) is 0 Å². The second-order valence-corrected chi connectivity index (χ2v) is 4.45. The number of anilines is 2. The van der Waals surface area contributed by atoms with Crippen LogP contribution >= 0.6 is 0 Å². The van der Waals surface area contributed by atoms with Crippen LogP contribution in [0.25, 0.3) is 11.5 Å². The molecule has 1 saturated heterocycles. The molecule has 2 aromatic rings. The van der Waals surface area contributed by atoms with Gasteiger partial charge in [0.1, 0.15) is 0 Å². The van der Waals surface area contributed by atoms with Gasteiger partial charge in [-0.25, -0.2) is 0 Å². The highest BCUT2D eigenvalue weighted by atomic mass is 16.5. The molecule has 0 amide bonds. The molecule has 2 aromatic heterocycles. The van der Waals surface area contributed by atoms with Crippen molar-refractivity contribution in [2.45, 2.75) is 19.3 Å². The normalized spacial score (nSPS) is 15.9. The van der Waals surface area contributed by atoms with Crippen LogP contribution in [0.15, 0.2) is 23.0 Å². The van der Waals surface area contributed by atoms with E-state index in [2.05, 4.69) is 20.0 Å². The zero-order valence-electron chi connectivity index (χ0n) is 10.0. The summed E-state index contributed by atoms with van der Waals surface area (Å²) in [6.45, 7) is 1.99. The SMILES string of the molecule is Nc1cncc(-c2nc(N3CCCCC3)no2)c1. The summed E-state index contributed by atoms with van der Waals surface area (Å²) in [5, 5.41) is 4.02. The Morgan fingerprint density at radius 2 is 2.00 bits per heavy atom. The van der Waals surface area contributed by atoms with E-state index in [-0.39, 0.29) is 0 Å². The number of aromatic nitrogens is 3. The monoisotopic (exact) mass is 245 g/mol. The highest BCUT2D eigenvalue weighted by molar-refractivity contribution is 5.58. The number of hydrogen-bond donors (Lipinski definition) is 1. The minimum absolute atomic E-state index is 0.468. The summed E-state index contributed by atoms with van der Waals surface area (Å²) in [5.74, 6) is 1.13. The maximum atomic E-state index is 5.68. The van der Waals surface area contributed by atoms with Gasteiger partial charge in [0.05, 0.1) is 11.3 Å². The largest absolute Gasteiger partial charge is 0.397 e. The van der Waals surface area contributed by atoms with Crippen molar-refractivity contribution in [1.29, 1.82) is 0 Å². The quantitative estimate of drug-likeness (QED) is 0.867. The lowest BCUT2D eigenvalue weighted by molar-refractivity contribution is 0.426. The first-order valence-electron chi connectivity index (χ1n) is 6.12. The molecule has 94 valence electrons. The van der Waals surface area contributed by atoms with Crippen LogP contribution < -0.4 is 10.6 Å². The highest BCUT2D eigenvalue weighted by Gasteiger charge is 2.17. The molecule has 0 spiro atoms. The molecule has 6 nitrogen and oxygen atoms in total. The number of nitrogens with zero attached hydrogens (tertiary/aromatic N) is 4. The van der Waals surface area contributed by atoms with Crippen molar-refractivity contribution in [3.63, 3.8) is 0 Å². The van der Waals surface area contributed by atoms with Crippen LogP contribution in [0.1, 0.15) is 19.3 Å². The molecule has 0 aliphatic carbocycles. The molecule has 1 aliphatic heterocycles. The van der Waals surface area contributed by atoms with E-state index >= 15 is 0 Å². The Kier molecular flexibility index (Phi) is 2.84. The van der Waals surface area contributed by atoms with Crippen LogP contribution in [-0.2, 0) is 0 Å². The van der Waals surface area contributed by atoms with E-state index < -0.39 is 0 Å². The molecule has 0 bridgehead atoms. The van der Waals surface area contributed by atoms with E-state index in [1.165, 1.54) is 19.3 Å². The number of pyridine rings is 1. The fraction of sp³-hybridized carbons (Fsp3) is 0.417. The van der Waals surface area contributed by atoms with Gasteiger partial charge in [0, 0.05) is 25.5 Å². The van der Waals surface area contributed by atoms with Crippen LogP contribution in [0.2, 0.25) is 0 Å². The Balaban J connectivity index is 1.84. The predicted molar refractivity (Wildman–Crippen MR) is 68.0 cm³/mol. The summed E-state index contributed by atoms with van der Waals surface area (Å²) in [6.07, 6.45) is 6.91. The Morgan fingerprint density at radius 1 is 1.17 bits per heavy atom. The maximum absolute atomic E-state index is 5.68. The first-order chi connectivity index (χ1) is 8.83. The van der Waals surface area contributed by atoms with Gasteiger partial charge >= 0.3 is 0 Å². The van der Waals surface area contributed by atoms with E-state index in [1.54, 1.807) is 18.5 Å². The number of piperidine rings is 1. The summed E-state index contributed by atoms with van der Waals surface area (Å²) in [4.78, 5) is 10.6. The van der Waals surface area contributed by atoms with Crippen molar-refractivity contribution < 1.29 is 4.52 Å². The van der Waals surface area contributed by atoms with Gasteiger partial charge in [-0.1, -0.05) is 0 Å². The molecule has 1 aliphatic rings. The minimum Gasteiger partial charge on any atom is -0.397 e. The molecule has 0 saturated carbocycles. The van der Waals surface area contributed by atoms with E-state index in [1.807, 2.05) is 0 Å². The van der Waals surface area contributed by atoms with E-state index in [0.29, 0.717) is 17.5 Å². The van der Waals surface area contributed by atoms with Crippen molar-refractivity contribution >= 4 is 11.6 Å². The second-order valence-electron chi connectivity index (χ2n) is 4.45. The van der Waals surface area contributed by atoms with Crippen molar-refractivity contribution in [2.24, 2.45) is 0 Å². The van der Waals surface area contributed by atoms with Crippen LogP contribution in [0.4, 0.5) is 11.6 Å². The fourth-order valence-corrected chi connectivity index (χ4v) is 2.13. The van der Waals surface area contributed by atoms with Crippen LogP contribution in [-0.4, -0.2) is 28.2 Å². The molecule has 0 atom stereocenters. The van der Waals surface area contributed by atoms with Crippen molar-refractivity contribution in [1.82, 2.24) is 15.1 Å². The van der Waals surface area contributed by atoms with E-state index in [0.717, 1.165) is 18.7 Å². The minimum atomic E-state index is 0.468. The summed E-state index contributed by atoms with van der Waals surface area (Å²) in [6, 6.07) is 1.78. The number of nitrogens with two attached hydrogens (primary N) is 1. The highest BCUT2D eigenvalue weighted by Crippen LogP contribution is 2.22. The summed E-state index contributed by atoms with van der Waals surface area (Å²) < 4.78 is 5.26. The van der Waals surface area contributed by atoms with Gasteiger partial charge in [0.2, 0.25) is 0 Å². The topological polar surface area (TPSA) is 81.1 Å². The standard InChI is InChI=1S/C12H15N5O/c13-10-6-9(7-14-8-10)11-15-12(16-18-11)17-4-2-1-3-5-17/h6-8H,1-5,13H2. The third-order valence-electron chi connectivity index (χ3n) is 3.06. The first-order valence-corrected chi connectivity index (χ1v) is 6.12. The van der Waals surface area contributed by atoms with Gasteiger partial charge in [-0.15, -0.1) is 0 Å². The van der Waals surface area contributed by atoms with Crippen LogP contribution in [0.3, 0.4) is 0 Å². The Bertz CT molecular complexity index is 533. The average molecular weight is 245 g/mol. The second kappa shape index (κ2) is 4.64. The fourth-order valence-electron chi connectivity index (χ4n) is 2.13. The summed E-state index contributed by atoms with van der Waals surface area (Å²) in [5.41, 5.74) is 7.03. The Morgan fingerprint density at radius 3 is 2.78 bits per heavy atom. The smallest absolute Gasteiger partial charge is 0.266 e. The lowest BCUT2D eigenvalue weighted by Gasteiger charge is -2.24. The number of hydrogen-bond acceptors (Lipinski definition) is 6. The first kappa shape index (κ1) is 11.0. The molecule has 1 fully saturated rings. The van der Waals surface area contributed by atoms with Gasteiger partial charge in [-0.3, -0.25) is 4.98 Å². The molecule has 18 heavy (non-hydrogen) atoms. The molecule has 0 radical (unpaired) electrons. The van der Waals surface area contributed by atoms with Crippen molar-refractivity contribution in [3.05, 3.63) is 18.5 Å². The average Bonchev–Trinajstić information content (AvgIpc) is 2.89. The lowest BCUT2D eigenvalue weighted by Crippen LogP contribution is -2.30. The van der Waals surface area contributed by atoms with E-state index in [9.17, 15) is 0 Å². The maximum Gasteiger partial charge on any atom is 0.266 e. The molecule has 3 rings (SSSR count). The predicted octanol–water partition coefficient (Wildman–Crippen LogP) is 1.70. The Labute approximate surface area is 105 Å². The zero-order chi connectivity index (χ0) is 12.4. The summed E-state index contributed by atoms with van der Waals surface area (Å²) in [7, 11) is 0. The molecular formula is C12H15N5O. The molecule has 2 N–H and O–H groups in total. The van der Waals surface area contributed by atoms with Gasteiger partial charge in [-0.2, -0.15) is 4.98 Å². The molecule has 6 heteroatoms. The van der Waals surface area contributed by atoms with Gasteiger partial charge in [-0.05, 0) is 30.5 Å². The number of rotatable bonds is 2. The van der Waals surface area contributed by atoms with Gasteiger partial charge < -0.3 is 15.2 Å². The van der Waals surface area contributed by atoms with Crippen LogP contribution in [0, 0.1) is 0 Å². The van der Waals surface area contributed by atoms with Crippen LogP contribution in [0.5, 0.6) is 0 Å². The van der Waals surface area contributed by atoms with E-state index in [4.69, 9.17) is 10.3 Å².